The monoisotopic (exact) mass is 703 g/mol. The van der Waals surface area contributed by atoms with Crippen LogP contribution in [0.1, 0.15) is 24.7 Å². The molecule has 5 aromatic carbocycles. The van der Waals surface area contributed by atoms with E-state index in [0.717, 1.165) is 72.2 Å². The highest BCUT2D eigenvalue weighted by atomic mass is 32.1. The summed E-state index contributed by atoms with van der Waals surface area (Å²) in [4.78, 5) is 15.8. The molecule has 0 bridgehead atoms. The van der Waals surface area contributed by atoms with Crippen LogP contribution in [0.3, 0.4) is 0 Å². The molecule has 0 spiro atoms. The molecule has 1 aliphatic rings. The van der Waals surface area contributed by atoms with Crippen LogP contribution in [0.4, 0.5) is 0 Å². The van der Waals surface area contributed by atoms with E-state index in [-0.39, 0.29) is 5.92 Å². The van der Waals surface area contributed by atoms with Gasteiger partial charge in [0.15, 0.2) is 17.5 Å². The number of para-hydroxylation sites is 2. The number of furan rings is 2. The molecule has 4 heterocycles. The van der Waals surface area contributed by atoms with E-state index in [2.05, 4.69) is 105 Å². The van der Waals surface area contributed by atoms with Crippen molar-refractivity contribution in [3.63, 3.8) is 0 Å². The number of allylic oxidation sites excluding steroid dienone is 6. The topological polar surface area (TPSA) is 65.0 Å². The molecule has 0 N–H and O–H groups in total. The van der Waals surface area contributed by atoms with Crippen LogP contribution < -0.4 is 10.6 Å². The van der Waals surface area contributed by atoms with Crippen LogP contribution in [-0.4, -0.2) is 15.0 Å². The summed E-state index contributed by atoms with van der Waals surface area (Å²) in [5.74, 6) is 2.25. The molecule has 53 heavy (non-hydrogen) atoms. The average Bonchev–Trinajstić information content (AvgIpc) is 3.87. The van der Waals surface area contributed by atoms with Crippen molar-refractivity contribution in [1.29, 1.82) is 0 Å². The van der Waals surface area contributed by atoms with Crippen molar-refractivity contribution in [2.24, 2.45) is 5.92 Å². The molecule has 1 aliphatic carbocycles. The maximum absolute atomic E-state index is 6.42. The van der Waals surface area contributed by atoms with E-state index in [1.54, 1.807) is 0 Å². The maximum Gasteiger partial charge on any atom is 0.165 e. The second-order valence-corrected chi connectivity index (χ2v) is 14.7. The zero-order chi connectivity index (χ0) is 35.5. The van der Waals surface area contributed by atoms with Crippen LogP contribution in [0.5, 0.6) is 0 Å². The second kappa shape index (κ2) is 12.7. The Morgan fingerprint density at radius 2 is 1.47 bits per heavy atom. The molecule has 0 saturated carbocycles. The lowest BCUT2D eigenvalue weighted by Gasteiger charge is -2.18. The smallest absolute Gasteiger partial charge is 0.165 e. The van der Waals surface area contributed by atoms with E-state index >= 15 is 0 Å². The molecule has 1 atom stereocenters. The van der Waals surface area contributed by atoms with Gasteiger partial charge >= 0.3 is 0 Å². The second-order valence-electron chi connectivity index (χ2n) is 13.6. The molecular formula is C47H33N3O2S. The van der Waals surface area contributed by atoms with Gasteiger partial charge in [0.1, 0.15) is 22.2 Å². The van der Waals surface area contributed by atoms with Gasteiger partial charge in [0.25, 0.3) is 0 Å². The number of rotatable bonds is 6. The molecule has 254 valence electrons. The molecule has 4 aromatic heterocycles. The van der Waals surface area contributed by atoms with Crippen molar-refractivity contribution in [2.45, 2.75) is 19.8 Å². The number of thiophene rings is 1. The van der Waals surface area contributed by atoms with Crippen molar-refractivity contribution in [3.05, 3.63) is 156 Å². The number of aromatic nitrogens is 3. The normalized spacial score (nSPS) is 15.2. The van der Waals surface area contributed by atoms with Crippen LogP contribution in [0.15, 0.2) is 142 Å². The van der Waals surface area contributed by atoms with E-state index in [0.29, 0.717) is 23.9 Å². The Balaban J connectivity index is 1.17. The lowest BCUT2D eigenvalue weighted by atomic mass is 9.92. The minimum atomic E-state index is 0.270. The van der Waals surface area contributed by atoms with E-state index in [4.69, 9.17) is 23.8 Å². The Kier molecular flexibility index (Phi) is 7.51. The van der Waals surface area contributed by atoms with Gasteiger partial charge in [-0.15, -0.1) is 11.3 Å². The number of fused-ring (bicyclic) bond motifs is 7. The molecule has 0 aliphatic heterocycles. The number of hydrogen-bond acceptors (Lipinski definition) is 6. The van der Waals surface area contributed by atoms with Crippen molar-refractivity contribution >= 4 is 82.6 Å². The van der Waals surface area contributed by atoms with Gasteiger partial charge in [0.2, 0.25) is 0 Å². The predicted molar refractivity (Wildman–Crippen MR) is 220 cm³/mol. The zero-order valence-electron chi connectivity index (χ0n) is 29.0. The Labute approximate surface area is 309 Å². The third-order valence-electron chi connectivity index (χ3n) is 10.3. The third-order valence-corrected chi connectivity index (χ3v) is 11.4. The largest absolute Gasteiger partial charge is 0.456 e. The van der Waals surface area contributed by atoms with Crippen molar-refractivity contribution in [1.82, 2.24) is 15.0 Å². The van der Waals surface area contributed by atoms with Crippen LogP contribution >= 0.6 is 11.3 Å². The first kappa shape index (κ1) is 31.4. The molecule has 0 radical (unpaired) electrons. The van der Waals surface area contributed by atoms with Crippen molar-refractivity contribution in [2.75, 3.05) is 0 Å². The van der Waals surface area contributed by atoms with E-state index in [9.17, 15) is 0 Å². The summed E-state index contributed by atoms with van der Waals surface area (Å²) in [6.45, 7) is 6.50. The Morgan fingerprint density at radius 3 is 2.32 bits per heavy atom. The number of nitrogens with zero attached hydrogens (tertiary/aromatic N) is 3. The molecule has 10 rings (SSSR count). The molecule has 0 fully saturated rings. The van der Waals surface area contributed by atoms with Crippen molar-refractivity contribution in [3.8, 4) is 22.8 Å². The highest BCUT2D eigenvalue weighted by Crippen LogP contribution is 2.40. The van der Waals surface area contributed by atoms with E-state index < -0.39 is 0 Å². The minimum Gasteiger partial charge on any atom is -0.456 e. The van der Waals surface area contributed by atoms with Crippen LogP contribution in [0.2, 0.25) is 0 Å². The Bertz CT molecular complexity index is 3120. The molecule has 0 amide bonds. The standard InChI is InChI=1S/C47H33N3O2S/c1-28-13-3-5-15-32(28)46-48-45(31-24-26-42-36(27-31)34-17-8-12-22-41(34)53-42)49-47(50-46)43-30(23-25-40-44(43)35-18-7-11-21-39(35)52-40)14-4-9-19-37-29(2)33-16-6-10-20-38(33)51-37/h3-12,15-28H,2,13-14H2,1H3/b9-4-,37-19+. The molecule has 1 unspecified atom stereocenters. The van der Waals surface area contributed by atoms with Gasteiger partial charge in [-0.3, -0.25) is 0 Å². The maximum atomic E-state index is 6.42. The first-order chi connectivity index (χ1) is 26.1. The molecule has 0 saturated heterocycles. The average molecular weight is 704 g/mol. The van der Waals surface area contributed by atoms with Gasteiger partial charge in [-0.05, 0) is 72.9 Å². The van der Waals surface area contributed by atoms with Gasteiger partial charge in [-0.1, -0.05) is 105 Å². The quantitative estimate of drug-likeness (QED) is 0.172. The van der Waals surface area contributed by atoms with Gasteiger partial charge in [-0.25, -0.2) is 15.0 Å². The van der Waals surface area contributed by atoms with E-state index in [1.165, 1.54) is 20.2 Å². The zero-order valence-corrected chi connectivity index (χ0v) is 29.9. The molecule has 5 nitrogen and oxygen atoms in total. The lowest BCUT2D eigenvalue weighted by Crippen LogP contribution is -2.17. The highest BCUT2D eigenvalue weighted by molar-refractivity contribution is 7.25. The lowest BCUT2D eigenvalue weighted by molar-refractivity contribution is 0.576. The van der Waals surface area contributed by atoms with Crippen LogP contribution in [-0.2, 0) is 6.42 Å². The van der Waals surface area contributed by atoms with Gasteiger partial charge in [-0.2, -0.15) is 0 Å². The molecule has 9 aromatic rings. The van der Waals surface area contributed by atoms with Gasteiger partial charge in [0, 0.05) is 58.2 Å². The van der Waals surface area contributed by atoms with Crippen LogP contribution in [0, 0.1) is 5.92 Å². The summed E-state index contributed by atoms with van der Waals surface area (Å²) < 4.78 is 15.0. The van der Waals surface area contributed by atoms with E-state index in [1.807, 2.05) is 59.9 Å². The van der Waals surface area contributed by atoms with Crippen LogP contribution in [0.25, 0.3) is 94.1 Å². The van der Waals surface area contributed by atoms with Crippen molar-refractivity contribution < 1.29 is 8.83 Å². The summed E-state index contributed by atoms with van der Waals surface area (Å²) in [6.07, 6.45) is 14.2. The summed E-state index contributed by atoms with van der Waals surface area (Å²) in [5, 5.41) is 6.39. The fourth-order valence-electron chi connectivity index (χ4n) is 7.54. The highest BCUT2D eigenvalue weighted by Gasteiger charge is 2.23. The third kappa shape index (κ3) is 5.42. The fourth-order valence-corrected chi connectivity index (χ4v) is 8.63. The number of benzene rings is 5. The Hall–Kier alpha value is -6.37. The molecular weight excluding hydrogens is 671 g/mol. The Morgan fingerprint density at radius 1 is 0.736 bits per heavy atom. The first-order valence-corrected chi connectivity index (χ1v) is 18.7. The summed E-state index contributed by atoms with van der Waals surface area (Å²) in [5.41, 5.74) is 7.32. The van der Waals surface area contributed by atoms with Gasteiger partial charge in [0.05, 0.1) is 0 Å². The fraction of sp³-hybridized carbons (Fsp3) is 0.0851. The number of hydrogen-bond donors (Lipinski definition) is 0. The summed E-state index contributed by atoms with van der Waals surface area (Å²) in [6, 6.07) is 35.5. The van der Waals surface area contributed by atoms with Gasteiger partial charge < -0.3 is 8.83 Å². The predicted octanol–water partition coefficient (Wildman–Crippen LogP) is 11.2. The molecule has 6 heteroatoms. The minimum absolute atomic E-state index is 0.270. The summed E-state index contributed by atoms with van der Waals surface area (Å²) in [7, 11) is 0. The SMILES string of the molecule is C=c1/c(=C\C=C/Cc2ccc3oc4ccccc4c3c2-c2nc(C3=CC=CCC3C)nc(-c3ccc4sc5ccccc5c4c3)n2)oc2ccccc12. The summed E-state index contributed by atoms with van der Waals surface area (Å²) >= 11 is 1.81. The first-order valence-electron chi connectivity index (χ1n) is 17.9.